The van der Waals surface area contributed by atoms with E-state index in [1.54, 1.807) is 6.92 Å². The van der Waals surface area contributed by atoms with Gasteiger partial charge in [-0.05, 0) is 17.5 Å². The number of halogens is 3. The van der Waals surface area contributed by atoms with Crippen LogP contribution in [-0.4, -0.2) is 6.29 Å². The van der Waals surface area contributed by atoms with E-state index in [0.717, 1.165) is 6.07 Å². The summed E-state index contributed by atoms with van der Waals surface area (Å²) in [5, 5.41) is -0.126. The molecule has 14 heavy (non-hydrogen) atoms. The maximum Gasteiger partial charge on any atom is 0.144 e. The van der Waals surface area contributed by atoms with Crippen LogP contribution < -0.4 is 0 Å². The zero-order valence-corrected chi connectivity index (χ0v) is 8.31. The minimum absolute atomic E-state index is 0.126. The zero-order valence-electron chi connectivity index (χ0n) is 7.56. The molecular formula is C10H9ClF2O. The molecule has 0 aliphatic carbocycles. The van der Waals surface area contributed by atoms with Gasteiger partial charge in [-0.2, -0.15) is 0 Å². The Balaban J connectivity index is 3.08. The Morgan fingerprint density at radius 2 is 2.07 bits per heavy atom. The summed E-state index contributed by atoms with van der Waals surface area (Å²) in [6.07, 6.45) is 0.889. The topological polar surface area (TPSA) is 17.1 Å². The largest absolute Gasteiger partial charge is 0.303 e. The van der Waals surface area contributed by atoms with E-state index in [-0.39, 0.29) is 22.9 Å². The monoisotopic (exact) mass is 218 g/mol. The average molecular weight is 219 g/mol. The summed E-state index contributed by atoms with van der Waals surface area (Å²) in [4.78, 5) is 10.2. The van der Waals surface area contributed by atoms with Crippen molar-refractivity contribution in [3.05, 3.63) is 34.4 Å². The molecule has 1 aromatic rings. The first-order chi connectivity index (χ1) is 6.56. The summed E-state index contributed by atoms with van der Waals surface area (Å²) in [6, 6.07) is 1.96. The van der Waals surface area contributed by atoms with E-state index < -0.39 is 11.6 Å². The number of hydrogen-bond donors (Lipinski definition) is 0. The fourth-order valence-corrected chi connectivity index (χ4v) is 1.36. The van der Waals surface area contributed by atoms with Crippen molar-refractivity contribution in [3.63, 3.8) is 0 Å². The number of rotatable bonds is 3. The fourth-order valence-electron chi connectivity index (χ4n) is 1.19. The molecular weight excluding hydrogens is 210 g/mol. The third-order valence-electron chi connectivity index (χ3n) is 2.02. The van der Waals surface area contributed by atoms with Crippen LogP contribution >= 0.6 is 11.6 Å². The Bertz CT molecular complexity index is 352. The molecule has 0 N–H and O–H groups in total. The zero-order chi connectivity index (χ0) is 10.7. The molecule has 1 nitrogen and oxygen atoms in total. The molecule has 0 radical (unpaired) electrons. The van der Waals surface area contributed by atoms with Crippen molar-refractivity contribution >= 4 is 17.9 Å². The Morgan fingerprint density at radius 3 is 2.64 bits per heavy atom. The molecule has 1 rings (SSSR count). The van der Waals surface area contributed by atoms with Crippen LogP contribution in [-0.2, 0) is 4.79 Å². The highest BCUT2D eigenvalue weighted by Crippen LogP contribution is 2.26. The van der Waals surface area contributed by atoms with E-state index >= 15 is 0 Å². The quantitative estimate of drug-likeness (QED) is 0.562. The second-order valence-electron chi connectivity index (χ2n) is 3.09. The molecule has 0 saturated heterocycles. The summed E-state index contributed by atoms with van der Waals surface area (Å²) in [5.74, 6) is -1.74. The predicted molar refractivity (Wildman–Crippen MR) is 50.5 cm³/mol. The molecule has 1 unspecified atom stereocenters. The highest BCUT2D eigenvalue weighted by Gasteiger charge is 2.13. The third kappa shape index (κ3) is 2.29. The average Bonchev–Trinajstić information content (AvgIpc) is 2.11. The van der Waals surface area contributed by atoms with E-state index in [4.69, 9.17) is 11.6 Å². The van der Waals surface area contributed by atoms with Crippen molar-refractivity contribution in [1.82, 2.24) is 0 Å². The molecule has 0 amide bonds. The normalized spacial score (nSPS) is 12.6. The van der Waals surface area contributed by atoms with Crippen LogP contribution in [0.1, 0.15) is 24.8 Å². The molecule has 0 bridgehead atoms. The summed E-state index contributed by atoms with van der Waals surface area (Å²) >= 11 is 5.50. The highest BCUT2D eigenvalue weighted by molar-refractivity contribution is 6.30. The van der Waals surface area contributed by atoms with Gasteiger partial charge in [-0.3, -0.25) is 0 Å². The van der Waals surface area contributed by atoms with Crippen molar-refractivity contribution in [2.45, 2.75) is 19.3 Å². The lowest BCUT2D eigenvalue weighted by atomic mass is 9.98. The smallest absolute Gasteiger partial charge is 0.144 e. The molecule has 4 heteroatoms. The van der Waals surface area contributed by atoms with Crippen LogP contribution in [0, 0.1) is 11.6 Å². The van der Waals surface area contributed by atoms with Crippen molar-refractivity contribution in [1.29, 1.82) is 0 Å². The molecule has 1 atom stereocenters. The maximum absolute atomic E-state index is 13.2. The van der Waals surface area contributed by atoms with Gasteiger partial charge in [0.05, 0.1) is 5.02 Å². The van der Waals surface area contributed by atoms with Crippen LogP contribution in [0.4, 0.5) is 8.78 Å². The Kier molecular flexibility index (Phi) is 3.58. The van der Waals surface area contributed by atoms with Crippen molar-refractivity contribution in [3.8, 4) is 0 Å². The van der Waals surface area contributed by atoms with Gasteiger partial charge in [-0.15, -0.1) is 0 Å². The lowest BCUT2D eigenvalue weighted by Crippen LogP contribution is -1.99. The third-order valence-corrected chi connectivity index (χ3v) is 2.31. The van der Waals surface area contributed by atoms with Crippen LogP contribution in [0.5, 0.6) is 0 Å². The first-order valence-corrected chi connectivity index (χ1v) is 4.52. The van der Waals surface area contributed by atoms with Gasteiger partial charge in [0.25, 0.3) is 0 Å². The lowest BCUT2D eigenvalue weighted by molar-refractivity contribution is -0.108. The number of benzene rings is 1. The standard InChI is InChI=1S/C10H9ClF2O/c1-6(2-3-14)7-4-8(11)10(13)5-9(7)12/h3-6H,2H2,1H3. The first-order valence-electron chi connectivity index (χ1n) is 4.14. The molecule has 1 aromatic carbocycles. The minimum atomic E-state index is -0.786. The van der Waals surface area contributed by atoms with Gasteiger partial charge >= 0.3 is 0 Å². The Hall–Kier alpha value is -0.960. The minimum Gasteiger partial charge on any atom is -0.303 e. The molecule has 0 aliphatic rings. The fraction of sp³-hybridized carbons (Fsp3) is 0.300. The van der Waals surface area contributed by atoms with Crippen molar-refractivity contribution in [2.75, 3.05) is 0 Å². The first kappa shape index (κ1) is 11.1. The number of carbonyl (C=O) groups excluding carboxylic acids is 1. The number of carbonyl (C=O) groups is 1. The molecule has 0 heterocycles. The van der Waals surface area contributed by atoms with Gasteiger partial charge in [-0.25, -0.2) is 8.78 Å². The van der Waals surface area contributed by atoms with Gasteiger partial charge < -0.3 is 4.79 Å². The van der Waals surface area contributed by atoms with Gasteiger partial charge in [0.1, 0.15) is 17.9 Å². The summed E-state index contributed by atoms with van der Waals surface area (Å²) < 4.78 is 26.0. The van der Waals surface area contributed by atoms with Gasteiger partial charge in [-0.1, -0.05) is 18.5 Å². The Labute approximate surface area is 85.7 Å². The van der Waals surface area contributed by atoms with Crippen LogP contribution in [0.25, 0.3) is 0 Å². The van der Waals surface area contributed by atoms with E-state index in [2.05, 4.69) is 0 Å². The van der Waals surface area contributed by atoms with Crippen molar-refractivity contribution in [2.24, 2.45) is 0 Å². The molecule has 0 aromatic heterocycles. The highest BCUT2D eigenvalue weighted by atomic mass is 35.5. The second-order valence-corrected chi connectivity index (χ2v) is 3.50. The maximum atomic E-state index is 13.2. The molecule has 0 saturated carbocycles. The van der Waals surface area contributed by atoms with Crippen LogP contribution in [0.2, 0.25) is 5.02 Å². The second kappa shape index (κ2) is 4.51. The van der Waals surface area contributed by atoms with E-state index in [9.17, 15) is 13.6 Å². The van der Waals surface area contributed by atoms with Gasteiger partial charge in [0, 0.05) is 12.5 Å². The number of hydrogen-bond acceptors (Lipinski definition) is 1. The number of aldehydes is 1. The summed E-state index contributed by atoms with van der Waals surface area (Å²) in [6.45, 7) is 1.68. The van der Waals surface area contributed by atoms with Crippen molar-refractivity contribution < 1.29 is 13.6 Å². The Morgan fingerprint density at radius 1 is 1.43 bits per heavy atom. The molecule has 0 fully saturated rings. The lowest BCUT2D eigenvalue weighted by Gasteiger charge is -2.10. The molecule has 0 aliphatic heterocycles. The SMILES string of the molecule is CC(CC=O)c1cc(Cl)c(F)cc1F. The summed E-state index contributed by atoms with van der Waals surface area (Å²) in [7, 11) is 0. The van der Waals surface area contributed by atoms with Crippen LogP contribution in [0.3, 0.4) is 0 Å². The van der Waals surface area contributed by atoms with Gasteiger partial charge in [0.2, 0.25) is 0 Å². The molecule has 76 valence electrons. The van der Waals surface area contributed by atoms with Gasteiger partial charge in [0.15, 0.2) is 0 Å². The predicted octanol–water partition coefficient (Wildman–Crippen LogP) is 3.31. The van der Waals surface area contributed by atoms with E-state index in [1.807, 2.05) is 0 Å². The van der Waals surface area contributed by atoms with Crippen LogP contribution in [0.15, 0.2) is 12.1 Å². The summed E-state index contributed by atoms with van der Waals surface area (Å²) in [5.41, 5.74) is 0.267. The molecule has 0 spiro atoms. The van der Waals surface area contributed by atoms with E-state index in [1.165, 1.54) is 6.07 Å². The van der Waals surface area contributed by atoms with E-state index in [0.29, 0.717) is 6.29 Å².